The number of hydrogen-bond donors (Lipinski definition) is 0. The summed E-state index contributed by atoms with van der Waals surface area (Å²) in [5, 5.41) is 0. The normalized spacial score (nSPS) is 21.3. The first-order valence-electron chi connectivity index (χ1n) is 9.88. The molecule has 0 aromatic heterocycles. The third kappa shape index (κ3) is 4.76. The third-order valence-electron chi connectivity index (χ3n) is 5.95. The van der Waals surface area contributed by atoms with Crippen LogP contribution in [0.2, 0.25) is 0 Å². The molecule has 6 nitrogen and oxygen atoms in total. The predicted molar refractivity (Wildman–Crippen MR) is 106 cm³/mol. The number of hydrogen-bond acceptors (Lipinski definition) is 5. The molecule has 0 spiro atoms. The molecular weight excluding hydrogens is 364 g/mol. The quantitative estimate of drug-likeness (QED) is 0.740. The maximum atomic E-state index is 13.1. The van der Waals surface area contributed by atoms with Gasteiger partial charge in [-0.05, 0) is 62.7 Å². The first kappa shape index (κ1) is 20.4. The average molecular weight is 397 g/mol. The van der Waals surface area contributed by atoms with Crippen LogP contribution in [0, 0.1) is 11.8 Å². The molecule has 0 aliphatic carbocycles. The minimum Gasteiger partial charge on any atom is -0.497 e. The number of likely N-dealkylation sites (tertiary alicyclic amines) is 1. The molecule has 1 aromatic rings. The number of sulfonamides is 1. The molecule has 0 amide bonds. The van der Waals surface area contributed by atoms with Crippen molar-refractivity contribution in [2.24, 2.45) is 11.8 Å². The zero-order chi connectivity index (χ0) is 19.4. The number of methoxy groups -OCH3 is 2. The monoisotopic (exact) mass is 396 g/mol. The van der Waals surface area contributed by atoms with Crippen molar-refractivity contribution in [3.8, 4) is 11.5 Å². The fourth-order valence-electron chi connectivity index (χ4n) is 4.07. The Morgan fingerprint density at radius 2 is 1.67 bits per heavy atom. The summed E-state index contributed by atoms with van der Waals surface area (Å²) in [5.74, 6) is 2.30. The lowest BCUT2D eigenvalue weighted by atomic mass is 9.94. The van der Waals surface area contributed by atoms with Crippen LogP contribution in [0.25, 0.3) is 0 Å². The summed E-state index contributed by atoms with van der Waals surface area (Å²) in [6.45, 7) is 6.92. The van der Waals surface area contributed by atoms with E-state index in [1.807, 2.05) is 0 Å². The number of benzene rings is 1. The van der Waals surface area contributed by atoms with Crippen LogP contribution >= 0.6 is 0 Å². The van der Waals surface area contributed by atoms with E-state index in [0.29, 0.717) is 30.5 Å². The van der Waals surface area contributed by atoms with E-state index in [4.69, 9.17) is 9.47 Å². The van der Waals surface area contributed by atoms with Crippen molar-refractivity contribution < 1.29 is 17.9 Å². The summed E-state index contributed by atoms with van der Waals surface area (Å²) < 4.78 is 38.4. The number of piperidine rings is 2. The molecule has 2 aliphatic heterocycles. The van der Waals surface area contributed by atoms with Crippen molar-refractivity contribution in [2.75, 3.05) is 46.9 Å². The van der Waals surface area contributed by atoms with Gasteiger partial charge in [0.05, 0.1) is 14.2 Å². The van der Waals surface area contributed by atoms with Gasteiger partial charge in [0.25, 0.3) is 0 Å². The molecule has 0 atom stereocenters. The molecule has 2 heterocycles. The SMILES string of the molecule is COc1ccc(OC)c(S(=O)(=O)N2CCC(CN3CCC(C)CC3)CC2)c1. The fourth-order valence-corrected chi connectivity index (χ4v) is 5.71. The van der Waals surface area contributed by atoms with Crippen molar-refractivity contribution in [2.45, 2.75) is 37.5 Å². The maximum Gasteiger partial charge on any atom is 0.246 e. The molecule has 0 saturated carbocycles. The predicted octanol–water partition coefficient (Wildman–Crippen LogP) is 2.84. The van der Waals surface area contributed by atoms with Crippen LogP contribution in [0.1, 0.15) is 32.6 Å². The summed E-state index contributed by atoms with van der Waals surface area (Å²) in [4.78, 5) is 2.74. The lowest BCUT2D eigenvalue weighted by Gasteiger charge is -2.36. The molecule has 0 N–H and O–H groups in total. The Kier molecular flexibility index (Phi) is 6.65. The molecule has 2 saturated heterocycles. The molecule has 2 aliphatic rings. The van der Waals surface area contributed by atoms with Gasteiger partial charge in [0.1, 0.15) is 16.4 Å². The van der Waals surface area contributed by atoms with E-state index in [9.17, 15) is 8.42 Å². The van der Waals surface area contributed by atoms with Gasteiger partial charge in [0.2, 0.25) is 10.0 Å². The molecular formula is C20H32N2O4S. The van der Waals surface area contributed by atoms with Crippen LogP contribution in [-0.2, 0) is 10.0 Å². The van der Waals surface area contributed by atoms with E-state index in [1.54, 1.807) is 22.5 Å². The van der Waals surface area contributed by atoms with E-state index in [-0.39, 0.29) is 4.90 Å². The minimum absolute atomic E-state index is 0.188. The topological polar surface area (TPSA) is 59.1 Å². The van der Waals surface area contributed by atoms with Gasteiger partial charge in [0.15, 0.2) is 0 Å². The van der Waals surface area contributed by atoms with E-state index in [1.165, 1.54) is 40.2 Å². The lowest BCUT2D eigenvalue weighted by molar-refractivity contribution is 0.142. The summed E-state index contributed by atoms with van der Waals surface area (Å²) >= 11 is 0. The first-order chi connectivity index (χ1) is 12.9. The number of nitrogens with zero attached hydrogens (tertiary/aromatic N) is 2. The van der Waals surface area contributed by atoms with E-state index < -0.39 is 10.0 Å². The van der Waals surface area contributed by atoms with Gasteiger partial charge >= 0.3 is 0 Å². The highest BCUT2D eigenvalue weighted by molar-refractivity contribution is 7.89. The zero-order valence-electron chi connectivity index (χ0n) is 16.7. The summed E-state index contributed by atoms with van der Waals surface area (Å²) in [6, 6.07) is 4.91. The minimum atomic E-state index is -3.59. The van der Waals surface area contributed by atoms with Crippen molar-refractivity contribution in [3.05, 3.63) is 18.2 Å². The average Bonchev–Trinajstić information content (AvgIpc) is 2.69. The maximum absolute atomic E-state index is 13.1. The smallest absolute Gasteiger partial charge is 0.246 e. The fraction of sp³-hybridized carbons (Fsp3) is 0.700. The molecule has 2 fully saturated rings. The van der Waals surface area contributed by atoms with Gasteiger partial charge in [-0.1, -0.05) is 6.92 Å². The van der Waals surface area contributed by atoms with Gasteiger partial charge in [-0.15, -0.1) is 0 Å². The van der Waals surface area contributed by atoms with Crippen LogP contribution in [0.15, 0.2) is 23.1 Å². The summed E-state index contributed by atoms with van der Waals surface area (Å²) in [6.07, 6.45) is 4.39. The Bertz CT molecular complexity index is 721. The van der Waals surface area contributed by atoms with Crippen molar-refractivity contribution in [1.82, 2.24) is 9.21 Å². The molecule has 1 aromatic carbocycles. The van der Waals surface area contributed by atoms with Crippen LogP contribution in [-0.4, -0.2) is 64.6 Å². The van der Waals surface area contributed by atoms with Crippen molar-refractivity contribution in [3.63, 3.8) is 0 Å². The molecule has 152 valence electrons. The molecule has 0 unspecified atom stereocenters. The zero-order valence-corrected chi connectivity index (χ0v) is 17.5. The van der Waals surface area contributed by atoms with Crippen molar-refractivity contribution >= 4 is 10.0 Å². The van der Waals surface area contributed by atoms with Crippen LogP contribution in [0.4, 0.5) is 0 Å². The van der Waals surface area contributed by atoms with E-state index >= 15 is 0 Å². The lowest BCUT2D eigenvalue weighted by Crippen LogP contribution is -2.43. The Morgan fingerprint density at radius 1 is 1.00 bits per heavy atom. The van der Waals surface area contributed by atoms with Gasteiger partial charge in [-0.2, -0.15) is 4.31 Å². The molecule has 27 heavy (non-hydrogen) atoms. The highest BCUT2D eigenvalue weighted by Crippen LogP contribution is 2.33. The van der Waals surface area contributed by atoms with Gasteiger partial charge < -0.3 is 14.4 Å². The second-order valence-corrected chi connectivity index (χ2v) is 9.75. The molecule has 0 bridgehead atoms. The number of rotatable bonds is 6. The van der Waals surface area contributed by atoms with Gasteiger partial charge in [0, 0.05) is 25.7 Å². The van der Waals surface area contributed by atoms with Gasteiger partial charge in [-0.25, -0.2) is 8.42 Å². The van der Waals surface area contributed by atoms with Crippen LogP contribution < -0.4 is 9.47 Å². The number of ether oxygens (including phenoxy) is 2. The van der Waals surface area contributed by atoms with E-state index in [2.05, 4.69) is 11.8 Å². The largest absolute Gasteiger partial charge is 0.497 e. The van der Waals surface area contributed by atoms with Crippen LogP contribution in [0.5, 0.6) is 11.5 Å². The van der Waals surface area contributed by atoms with E-state index in [0.717, 1.165) is 25.3 Å². The standard InChI is InChI=1S/C20H32N2O4S/c1-16-6-10-21(11-7-16)15-17-8-12-22(13-9-17)27(23,24)20-14-18(25-2)4-5-19(20)26-3/h4-5,14,16-17H,6-13,15H2,1-3H3. The second-order valence-electron chi connectivity index (χ2n) is 7.85. The third-order valence-corrected chi connectivity index (χ3v) is 7.87. The van der Waals surface area contributed by atoms with Crippen LogP contribution in [0.3, 0.4) is 0 Å². The first-order valence-corrected chi connectivity index (χ1v) is 11.3. The highest BCUT2D eigenvalue weighted by atomic mass is 32.2. The summed E-state index contributed by atoms with van der Waals surface area (Å²) in [7, 11) is -0.561. The Labute approximate surface area is 163 Å². The van der Waals surface area contributed by atoms with Gasteiger partial charge in [-0.3, -0.25) is 0 Å². The Morgan fingerprint density at radius 3 is 2.26 bits per heavy atom. The highest BCUT2D eigenvalue weighted by Gasteiger charge is 2.32. The Hall–Kier alpha value is -1.31. The molecule has 0 radical (unpaired) electrons. The Balaban J connectivity index is 1.63. The molecule has 7 heteroatoms. The summed E-state index contributed by atoms with van der Waals surface area (Å²) in [5.41, 5.74) is 0. The van der Waals surface area contributed by atoms with Crippen molar-refractivity contribution in [1.29, 1.82) is 0 Å². The second kappa shape index (κ2) is 8.80. The molecule has 3 rings (SSSR count).